The Kier molecular flexibility index (Phi) is 3.83. The number of nitrogens with zero attached hydrogens (tertiary/aromatic N) is 2. The molecule has 0 radical (unpaired) electrons. The van der Waals surface area contributed by atoms with Gasteiger partial charge in [0.25, 0.3) is 0 Å². The van der Waals surface area contributed by atoms with Crippen molar-refractivity contribution in [1.82, 2.24) is 9.55 Å². The minimum absolute atomic E-state index is 0.842. The van der Waals surface area contributed by atoms with E-state index in [1.54, 1.807) is 13.4 Å². The number of methoxy groups -OCH3 is 1. The molecule has 0 spiro atoms. The van der Waals surface area contributed by atoms with Crippen molar-refractivity contribution in [1.29, 1.82) is 0 Å². The molecule has 2 rings (SSSR count). The minimum Gasteiger partial charge on any atom is -0.495 e. The van der Waals surface area contributed by atoms with E-state index in [4.69, 9.17) is 4.74 Å². The maximum atomic E-state index is 5.41. The molecular formula is C13H13IN2O. The Morgan fingerprint density at radius 2 is 2.24 bits per heavy atom. The lowest BCUT2D eigenvalue weighted by atomic mass is 10.2. The molecule has 0 aliphatic rings. The van der Waals surface area contributed by atoms with Gasteiger partial charge in [-0.3, -0.25) is 0 Å². The number of benzene rings is 1. The number of rotatable bonds is 3. The van der Waals surface area contributed by atoms with E-state index in [-0.39, 0.29) is 0 Å². The summed E-state index contributed by atoms with van der Waals surface area (Å²) in [6.45, 7) is 1.97. The van der Waals surface area contributed by atoms with E-state index in [0.717, 1.165) is 22.7 Å². The zero-order valence-electron chi connectivity index (χ0n) is 9.72. The smallest absolute Gasteiger partial charge is 0.143 e. The molecule has 0 saturated carbocycles. The van der Waals surface area contributed by atoms with Gasteiger partial charge in [0.1, 0.15) is 5.75 Å². The molecule has 1 aromatic heterocycles. The molecule has 0 N–H and O–H groups in total. The molecule has 3 nitrogen and oxygen atoms in total. The van der Waals surface area contributed by atoms with E-state index in [2.05, 4.69) is 33.6 Å². The van der Waals surface area contributed by atoms with Gasteiger partial charge in [0, 0.05) is 6.20 Å². The molecule has 0 unspecified atom stereocenters. The van der Waals surface area contributed by atoms with Crippen LogP contribution in [0.3, 0.4) is 0 Å². The highest BCUT2D eigenvalue weighted by atomic mass is 127. The largest absolute Gasteiger partial charge is 0.495 e. The van der Waals surface area contributed by atoms with Crippen molar-refractivity contribution in [2.75, 3.05) is 7.11 Å². The summed E-state index contributed by atoms with van der Waals surface area (Å²) in [6.07, 6.45) is 5.80. The summed E-state index contributed by atoms with van der Waals surface area (Å²) >= 11 is 2.20. The van der Waals surface area contributed by atoms with Gasteiger partial charge in [-0.2, -0.15) is 0 Å². The predicted molar refractivity (Wildman–Crippen MR) is 77.9 cm³/mol. The topological polar surface area (TPSA) is 27.1 Å². The monoisotopic (exact) mass is 340 g/mol. The van der Waals surface area contributed by atoms with Crippen molar-refractivity contribution in [3.05, 3.63) is 46.1 Å². The van der Waals surface area contributed by atoms with Gasteiger partial charge >= 0.3 is 0 Å². The number of hydrogen-bond donors (Lipinski definition) is 0. The number of aryl methyl sites for hydroxylation is 1. The van der Waals surface area contributed by atoms with Crippen molar-refractivity contribution >= 4 is 28.7 Å². The van der Waals surface area contributed by atoms with E-state index in [1.165, 1.54) is 0 Å². The van der Waals surface area contributed by atoms with Gasteiger partial charge in [0.15, 0.2) is 0 Å². The third-order valence-corrected chi connectivity index (χ3v) is 2.81. The fourth-order valence-corrected chi connectivity index (χ4v) is 2.05. The molecule has 0 aliphatic heterocycles. The SMILES string of the molecule is COc1cc(C=CI)ccc1-n1cnc(C)c1. The number of aromatic nitrogens is 2. The van der Waals surface area contributed by atoms with E-state index >= 15 is 0 Å². The number of imidazole rings is 1. The first-order valence-electron chi connectivity index (χ1n) is 5.20. The van der Waals surface area contributed by atoms with Crippen molar-refractivity contribution in [3.8, 4) is 11.4 Å². The molecule has 1 aromatic carbocycles. The molecule has 4 heteroatoms. The molecule has 0 bridgehead atoms. The Morgan fingerprint density at radius 3 is 2.82 bits per heavy atom. The molecule has 1 heterocycles. The molecular weight excluding hydrogens is 327 g/mol. The van der Waals surface area contributed by atoms with Crippen LogP contribution < -0.4 is 4.74 Å². The normalized spacial score (nSPS) is 11.0. The number of hydrogen-bond acceptors (Lipinski definition) is 2. The van der Waals surface area contributed by atoms with Crippen LogP contribution >= 0.6 is 22.6 Å². The van der Waals surface area contributed by atoms with E-state index < -0.39 is 0 Å². The van der Waals surface area contributed by atoms with Gasteiger partial charge < -0.3 is 9.30 Å². The minimum atomic E-state index is 0.842. The molecule has 0 atom stereocenters. The second-order valence-electron chi connectivity index (χ2n) is 3.65. The fourth-order valence-electron chi connectivity index (χ4n) is 1.64. The Bertz CT molecular complexity index is 546. The average Bonchev–Trinajstić information content (AvgIpc) is 2.76. The lowest BCUT2D eigenvalue weighted by Crippen LogP contribution is -1.95. The molecule has 2 aromatic rings. The maximum Gasteiger partial charge on any atom is 0.143 e. The first-order chi connectivity index (χ1) is 8.24. The van der Waals surface area contributed by atoms with E-state index in [1.807, 2.05) is 40.0 Å². The second kappa shape index (κ2) is 5.35. The van der Waals surface area contributed by atoms with Crippen LogP contribution in [0, 0.1) is 6.92 Å². The Hall–Kier alpha value is -1.30. The van der Waals surface area contributed by atoms with Gasteiger partial charge in [0.05, 0.1) is 24.8 Å². The van der Waals surface area contributed by atoms with Crippen molar-refractivity contribution < 1.29 is 4.74 Å². The molecule has 17 heavy (non-hydrogen) atoms. The number of ether oxygens (including phenoxy) is 1. The first kappa shape index (κ1) is 12.2. The molecule has 0 fully saturated rings. The quantitative estimate of drug-likeness (QED) is 0.799. The highest BCUT2D eigenvalue weighted by Crippen LogP contribution is 2.25. The summed E-state index contributed by atoms with van der Waals surface area (Å²) in [7, 11) is 1.68. The van der Waals surface area contributed by atoms with E-state index in [0.29, 0.717) is 0 Å². The van der Waals surface area contributed by atoms with Gasteiger partial charge in [-0.1, -0.05) is 28.7 Å². The lowest BCUT2D eigenvalue weighted by molar-refractivity contribution is 0.413. The highest BCUT2D eigenvalue weighted by Gasteiger charge is 2.05. The van der Waals surface area contributed by atoms with Crippen LogP contribution in [0.5, 0.6) is 5.75 Å². The van der Waals surface area contributed by atoms with E-state index in [9.17, 15) is 0 Å². The highest BCUT2D eigenvalue weighted by molar-refractivity contribution is 14.1. The molecule has 0 amide bonds. The van der Waals surface area contributed by atoms with Crippen LogP contribution in [-0.4, -0.2) is 16.7 Å². The molecule has 0 aliphatic carbocycles. The third-order valence-electron chi connectivity index (χ3n) is 2.45. The summed E-state index contributed by atoms with van der Waals surface area (Å²) in [6, 6.07) is 6.11. The first-order valence-corrected chi connectivity index (χ1v) is 6.45. The van der Waals surface area contributed by atoms with Crippen LogP contribution in [0.2, 0.25) is 0 Å². The number of halogens is 1. The zero-order valence-corrected chi connectivity index (χ0v) is 11.9. The van der Waals surface area contributed by atoms with Crippen LogP contribution in [0.1, 0.15) is 11.3 Å². The summed E-state index contributed by atoms with van der Waals surface area (Å²) < 4.78 is 9.35. The Morgan fingerprint density at radius 1 is 1.41 bits per heavy atom. The van der Waals surface area contributed by atoms with Crippen LogP contribution in [-0.2, 0) is 0 Å². The molecule has 0 saturated heterocycles. The van der Waals surface area contributed by atoms with Crippen LogP contribution in [0.4, 0.5) is 0 Å². The van der Waals surface area contributed by atoms with Crippen molar-refractivity contribution in [3.63, 3.8) is 0 Å². The zero-order chi connectivity index (χ0) is 12.3. The maximum absolute atomic E-state index is 5.41. The van der Waals surface area contributed by atoms with Gasteiger partial charge in [0.2, 0.25) is 0 Å². The Labute approximate surface area is 114 Å². The van der Waals surface area contributed by atoms with Gasteiger partial charge in [-0.15, -0.1) is 0 Å². The third kappa shape index (κ3) is 2.69. The van der Waals surface area contributed by atoms with Crippen molar-refractivity contribution in [2.45, 2.75) is 6.92 Å². The summed E-state index contributed by atoms with van der Waals surface area (Å²) in [5.41, 5.74) is 3.11. The van der Waals surface area contributed by atoms with Gasteiger partial charge in [-0.05, 0) is 34.8 Å². The van der Waals surface area contributed by atoms with Crippen LogP contribution in [0.15, 0.2) is 34.8 Å². The average molecular weight is 340 g/mol. The fraction of sp³-hybridized carbons (Fsp3) is 0.154. The molecule has 88 valence electrons. The van der Waals surface area contributed by atoms with Crippen molar-refractivity contribution in [2.24, 2.45) is 0 Å². The second-order valence-corrected chi connectivity index (χ2v) is 4.37. The summed E-state index contributed by atoms with van der Waals surface area (Å²) in [5.74, 6) is 0.842. The summed E-state index contributed by atoms with van der Waals surface area (Å²) in [4.78, 5) is 4.22. The standard InChI is InChI=1S/C13H13IN2O/c1-10-8-16(9-15-10)12-4-3-11(5-6-14)7-13(12)17-2/h3-9H,1-2H3. The summed E-state index contributed by atoms with van der Waals surface area (Å²) in [5, 5.41) is 0. The predicted octanol–water partition coefficient (Wildman–Crippen LogP) is 3.60. The van der Waals surface area contributed by atoms with Crippen LogP contribution in [0.25, 0.3) is 11.8 Å². The Balaban J connectivity index is 2.47. The lowest BCUT2D eigenvalue weighted by Gasteiger charge is -2.09. The van der Waals surface area contributed by atoms with Gasteiger partial charge in [-0.25, -0.2) is 4.98 Å².